The van der Waals surface area contributed by atoms with Gasteiger partial charge in [0.15, 0.2) is 6.10 Å². The summed E-state index contributed by atoms with van der Waals surface area (Å²) >= 11 is 0. The number of carbonyl (C=O) groups excluding carboxylic acids is 2. The Morgan fingerprint density at radius 1 is 0.492 bits per heavy atom. The van der Waals surface area contributed by atoms with E-state index in [0.717, 1.165) is 32.1 Å². The predicted molar refractivity (Wildman–Crippen MR) is 255 cm³/mol. The fourth-order valence-corrected chi connectivity index (χ4v) is 8.21. The van der Waals surface area contributed by atoms with Crippen molar-refractivity contribution in [3.8, 4) is 0 Å². The smallest absolute Gasteiger partial charge is 0.306 e. The number of ether oxygens (including phenoxy) is 2. The van der Waals surface area contributed by atoms with Gasteiger partial charge in [-0.1, -0.05) is 219 Å². The number of nitrogens with zero attached hydrogens (tertiary/aromatic N) is 1. The average Bonchev–Trinajstić information content (AvgIpc) is 3.21. The van der Waals surface area contributed by atoms with Crippen LogP contribution in [0, 0.1) is 0 Å². The van der Waals surface area contributed by atoms with Gasteiger partial charge in [-0.05, 0) is 32.1 Å². The summed E-state index contributed by atoms with van der Waals surface area (Å²) in [6, 6.07) is 0. The SMILES string of the molecule is CCCCCCCCCCCCCCCCCCCC/C=C/CCCC(=O)O[C@H](COC(=O)CCCCCCCCCCCCCCCC)COP(=O)([O-])OCC[N+](C)(C)C. The Morgan fingerprint density at radius 2 is 0.852 bits per heavy atom. The minimum Gasteiger partial charge on any atom is -0.756 e. The third kappa shape index (κ3) is 48.1. The highest BCUT2D eigenvalue weighted by Crippen LogP contribution is 2.38. The van der Waals surface area contributed by atoms with Gasteiger partial charge in [-0.3, -0.25) is 14.2 Å². The number of rotatable bonds is 48. The Bertz CT molecular complexity index is 1050. The van der Waals surface area contributed by atoms with Gasteiger partial charge in [0.25, 0.3) is 7.82 Å². The van der Waals surface area contributed by atoms with Gasteiger partial charge in [0.05, 0.1) is 27.7 Å². The van der Waals surface area contributed by atoms with E-state index in [2.05, 4.69) is 26.0 Å². The molecule has 9 nitrogen and oxygen atoms in total. The highest BCUT2D eigenvalue weighted by molar-refractivity contribution is 7.45. The number of esters is 2. The normalized spacial score (nSPS) is 13.5. The number of carbonyl (C=O) groups is 2. The molecule has 0 heterocycles. The molecule has 0 amide bonds. The molecule has 61 heavy (non-hydrogen) atoms. The van der Waals surface area contributed by atoms with E-state index < -0.39 is 26.5 Å². The molecule has 0 saturated carbocycles. The molecular weight excluding hydrogens is 786 g/mol. The van der Waals surface area contributed by atoms with Crippen LogP contribution in [-0.2, 0) is 32.7 Å². The van der Waals surface area contributed by atoms with Gasteiger partial charge < -0.3 is 27.9 Å². The summed E-state index contributed by atoms with van der Waals surface area (Å²) in [6.45, 7) is 4.25. The lowest BCUT2D eigenvalue weighted by atomic mass is 10.0. The van der Waals surface area contributed by atoms with Crippen molar-refractivity contribution in [2.75, 3.05) is 47.5 Å². The molecule has 0 spiro atoms. The van der Waals surface area contributed by atoms with Gasteiger partial charge in [0.2, 0.25) is 0 Å². The number of quaternary nitrogens is 1. The first kappa shape index (κ1) is 59.8. The van der Waals surface area contributed by atoms with E-state index in [1.54, 1.807) is 0 Å². The minimum absolute atomic E-state index is 0.0318. The predicted octanol–water partition coefficient (Wildman–Crippen LogP) is 14.7. The third-order valence-electron chi connectivity index (χ3n) is 11.5. The molecule has 0 bridgehead atoms. The molecule has 1 unspecified atom stereocenters. The van der Waals surface area contributed by atoms with Crippen LogP contribution in [0.3, 0.4) is 0 Å². The maximum atomic E-state index is 12.7. The first-order valence-electron chi connectivity index (χ1n) is 25.9. The van der Waals surface area contributed by atoms with Crippen molar-refractivity contribution in [3.63, 3.8) is 0 Å². The Balaban J connectivity index is 4.21. The Kier molecular flexibility index (Phi) is 43.1. The van der Waals surface area contributed by atoms with Crippen LogP contribution in [0.25, 0.3) is 0 Å². The largest absolute Gasteiger partial charge is 0.756 e. The summed E-state index contributed by atoms with van der Waals surface area (Å²) in [6.07, 6.45) is 48.3. The van der Waals surface area contributed by atoms with Gasteiger partial charge in [-0.15, -0.1) is 0 Å². The molecule has 362 valence electrons. The number of allylic oxidation sites excluding steroid dienone is 2. The molecule has 10 heteroatoms. The van der Waals surface area contributed by atoms with Crippen molar-refractivity contribution in [2.45, 2.75) is 258 Å². The molecular formula is C51H100NO8P. The zero-order chi connectivity index (χ0) is 45.0. The second kappa shape index (κ2) is 44.0. The van der Waals surface area contributed by atoms with Crippen molar-refractivity contribution in [3.05, 3.63) is 12.2 Å². The van der Waals surface area contributed by atoms with Crippen molar-refractivity contribution in [1.29, 1.82) is 0 Å². The van der Waals surface area contributed by atoms with E-state index in [-0.39, 0.29) is 32.0 Å². The zero-order valence-corrected chi connectivity index (χ0v) is 41.8. The quantitative estimate of drug-likeness (QED) is 0.0195. The van der Waals surface area contributed by atoms with Crippen molar-refractivity contribution >= 4 is 19.8 Å². The molecule has 0 aliphatic heterocycles. The van der Waals surface area contributed by atoms with Crippen molar-refractivity contribution in [1.82, 2.24) is 0 Å². The Hall–Kier alpha value is -1.25. The topological polar surface area (TPSA) is 111 Å². The van der Waals surface area contributed by atoms with E-state index in [1.807, 2.05) is 21.1 Å². The molecule has 0 aliphatic rings. The van der Waals surface area contributed by atoms with Gasteiger partial charge >= 0.3 is 11.9 Å². The molecule has 0 fully saturated rings. The number of hydrogen-bond donors (Lipinski definition) is 0. The van der Waals surface area contributed by atoms with Crippen LogP contribution in [0.5, 0.6) is 0 Å². The number of phosphoric acid groups is 1. The molecule has 0 aromatic carbocycles. The fraction of sp³-hybridized carbons (Fsp3) is 0.922. The van der Waals surface area contributed by atoms with Crippen LogP contribution in [0.2, 0.25) is 0 Å². The Morgan fingerprint density at radius 3 is 1.26 bits per heavy atom. The van der Waals surface area contributed by atoms with E-state index in [0.29, 0.717) is 17.4 Å². The van der Waals surface area contributed by atoms with Crippen LogP contribution >= 0.6 is 7.82 Å². The van der Waals surface area contributed by atoms with E-state index in [1.165, 1.54) is 186 Å². The molecule has 0 aromatic heterocycles. The van der Waals surface area contributed by atoms with Crippen LogP contribution in [-0.4, -0.2) is 70.0 Å². The van der Waals surface area contributed by atoms with E-state index >= 15 is 0 Å². The summed E-state index contributed by atoms with van der Waals surface area (Å²) in [5.74, 6) is -0.857. The summed E-state index contributed by atoms with van der Waals surface area (Å²) in [7, 11) is 1.16. The molecule has 2 atom stereocenters. The molecule has 0 saturated heterocycles. The van der Waals surface area contributed by atoms with Crippen LogP contribution in [0.1, 0.15) is 251 Å². The summed E-state index contributed by atoms with van der Waals surface area (Å²) in [5.41, 5.74) is 0. The number of likely N-dealkylation sites (N-methyl/N-ethyl adjacent to an activating group) is 1. The maximum absolute atomic E-state index is 12.7. The third-order valence-corrected chi connectivity index (χ3v) is 12.5. The summed E-state index contributed by atoms with van der Waals surface area (Å²) < 4.78 is 34.0. The second-order valence-corrected chi connectivity index (χ2v) is 20.3. The molecule has 0 radical (unpaired) electrons. The lowest BCUT2D eigenvalue weighted by Gasteiger charge is -2.28. The van der Waals surface area contributed by atoms with Crippen molar-refractivity contribution in [2.24, 2.45) is 0 Å². The minimum atomic E-state index is -4.63. The lowest BCUT2D eigenvalue weighted by Crippen LogP contribution is -2.37. The van der Waals surface area contributed by atoms with Crippen LogP contribution < -0.4 is 4.89 Å². The Labute approximate surface area is 377 Å². The first-order chi connectivity index (χ1) is 29.5. The molecule has 0 N–H and O–H groups in total. The fourth-order valence-electron chi connectivity index (χ4n) is 7.48. The monoisotopic (exact) mass is 886 g/mol. The lowest BCUT2D eigenvalue weighted by molar-refractivity contribution is -0.870. The first-order valence-corrected chi connectivity index (χ1v) is 27.4. The highest BCUT2D eigenvalue weighted by atomic mass is 31.2. The van der Waals surface area contributed by atoms with Crippen molar-refractivity contribution < 1.29 is 42.1 Å². The zero-order valence-electron chi connectivity index (χ0n) is 40.9. The molecule has 0 aliphatic carbocycles. The van der Waals surface area contributed by atoms with Crippen LogP contribution in [0.4, 0.5) is 0 Å². The summed E-state index contributed by atoms with van der Waals surface area (Å²) in [5, 5.41) is 0. The molecule has 0 aromatic rings. The maximum Gasteiger partial charge on any atom is 0.306 e. The standard InChI is InChI=1S/C51H100NO8P/c1-6-8-10-12-14-16-18-20-22-23-24-25-26-27-28-29-30-32-34-36-38-40-42-44-51(54)60-49(48-59-61(55,56)58-46-45-52(3,4)5)47-57-50(53)43-41-39-37-35-33-31-21-19-17-15-13-11-9-7-2/h36,38,49H,6-35,37,39-48H2,1-5H3/b38-36+/t49-/m1/s1. The van der Waals surface area contributed by atoms with Crippen LogP contribution in [0.15, 0.2) is 12.2 Å². The number of hydrogen-bond acceptors (Lipinski definition) is 8. The van der Waals surface area contributed by atoms with Gasteiger partial charge in [-0.25, -0.2) is 0 Å². The number of phosphoric ester groups is 1. The second-order valence-electron chi connectivity index (χ2n) is 18.9. The number of unbranched alkanes of at least 4 members (excludes halogenated alkanes) is 32. The highest BCUT2D eigenvalue weighted by Gasteiger charge is 2.21. The van der Waals surface area contributed by atoms with Gasteiger partial charge in [0.1, 0.15) is 19.8 Å². The van der Waals surface area contributed by atoms with E-state index in [4.69, 9.17) is 18.5 Å². The average molecular weight is 886 g/mol. The summed E-state index contributed by atoms with van der Waals surface area (Å²) in [4.78, 5) is 37.6. The molecule has 0 rings (SSSR count). The van der Waals surface area contributed by atoms with E-state index in [9.17, 15) is 19.0 Å². The van der Waals surface area contributed by atoms with Gasteiger partial charge in [0, 0.05) is 12.8 Å². The van der Waals surface area contributed by atoms with Gasteiger partial charge in [-0.2, -0.15) is 0 Å².